The number of aryl methyl sites for hydroxylation is 1. The first-order chi connectivity index (χ1) is 21.5. The first-order valence-electron chi connectivity index (χ1n) is 15.0. The van der Waals surface area contributed by atoms with Crippen LogP contribution in [-0.4, -0.2) is 43.8 Å². The van der Waals surface area contributed by atoms with Crippen LogP contribution in [0.15, 0.2) is 108 Å². The normalized spacial score (nSPS) is 12.6. The number of hydrogen-bond acceptors (Lipinski definition) is 4. The van der Waals surface area contributed by atoms with Gasteiger partial charge in [0, 0.05) is 24.0 Å². The lowest BCUT2D eigenvalue weighted by molar-refractivity contribution is -0.140. The smallest absolute Gasteiger partial charge is 0.264 e. The fourth-order valence-electron chi connectivity index (χ4n) is 5.02. The summed E-state index contributed by atoms with van der Waals surface area (Å²) < 4.78 is 29.5. The zero-order valence-corrected chi connectivity index (χ0v) is 27.7. The Morgan fingerprint density at radius 3 is 2.07 bits per heavy atom. The highest BCUT2D eigenvalue weighted by Crippen LogP contribution is 2.29. The summed E-state index contributed by atoms with van der Waals surface area (Å²) in [4.78, 5) is 30.1. The summed E-state index contributed by atoms with van der Waals surface area (Å²) in [5.41, 5.74) is 3.66. The Hall–Kier alpha value is -4.14. The topological polar surface area (TPSA) is 86.8 Å². The first kappa shape index (κ1) is 33.7. The Kier molecular flexibility index (Phi) is 11.4. The molecule has 0 aromatic heterocycles. The van der Waals surface area contributed by atoms with Gasteiger partial charge >= 0.3 is 0 Å². The molecule has 0 spiro atoms. The lowest BCUT2D eigenvalue weighted by atomic mass is 10.0. The third kappa shape index (κ3) is 8.53. The van der Waals surface area contributed by atoms with E-state index in [0.29, 0.717) is 17.1 Å². The predicted octanol–water partition coefficient (Wildman–Crippen LogP) is 6.71. The van der Waals surface area contributed by atoms with Crippen LogP contribution in [0.4, 0.5) is 5.69 Å². The molecule has 0 saturated heterocycles. The molecule has 0 aliphatic heterocycles. The number of benzene rings is 4. The molecule has 0 saturated carbocycles. The second-order valence-electron chi connectivity index (χ2n) is 11.2. The molecular weight excluding hydrogens is 606 g/mol. The van der Waals surface area contributed by atoms with E-state index in [1.807, 2.05) is 64.1 Å². The molecule has 0 heterocycles. The molecule has 0 unspecified atom stereocenters. The summed E-state index contributed by atoms with van der Waals surface area (Å²) in [5.74, 6) is -0.815. The Morgan fingerprint density at radius 1 is 0.822 bits per heavy atom. The van der Waals surface area contributed by atoms with Gasteiger partial charge < -0.3 is 10.2 Å². The van der Waals surface area contributed by atoms with E-state index in [2.05, 4.69) is 5.32 Å². The molecule has 7 nitrogen and oxygen atoms in total. The molecule has 0 aliphatic rings. The van der Waals surface area contributed by atoms with Crippen LogP contribution in [0, 0.1) is 13.8 Å². The SMILES string of the molecule is CC[C@@H](C)NC(=O)[C@H](Cc1ccccc1)N(Cc1ccc(Cl)cc1)C(=O)CN(c1cccc(C)c1C)S(=O)(=O)c1ccccc1. The molecule has 0 radical (unpaired) electrons. The van der Waals surface area contributed by atoms with Gasteiger partial charge in [0.25, 0.3) is 10.0 Å². The Balaban J connectivity index is 1.83. The summed E-state index contributed by atoms with van der Waals surface area (Å²) >= 11 is 6.16. The minimum Gasteiger partial charge on any atom is -0.352 e. The van der Waals surface area contributed by atoms with Crippen molar-refractivity contribution in [2.24, 2.45) is 0 Å². The molecule has 1 N–H and O–H groups in total. The van der Waals surface area contributed by atoms with Crippen molar-refractivity contribution in [2.75, 3.05) is 10.8 Å². The van der Waals surface area contributed by atoms with E-state index in [0.717, 1.165) is 26.6 Å². The van der Waals surface area contributed by atoms with Crippen LogP contribution < -0.4 is 9.62 Å². The van der Waals surface area contributed by atoms with Gasteiger partial charge in [-0.1, -0.05) is 91.3 Å². The number of carbonyl (C=O) groups is 2. The van der Waals surface area contributed by atoms with Crippen LogP contribution in [-0.2, 0) is 32.6 Å². The molecule has 45 heavy (non-hydrogen) atoms. The van der Waals surface area contributed by atoms with Crippen molar-refractivity contribution in [3.05, 3.63) is 130 Å². The van der Waals surface area contributed by atoms with Gasteiger partial charge in [-0.15, -0.1) is 0 Å². The molecule has 2 amide bonds. The summed E-state index contributed by atoms with van der Waals surface area (Å²) in [6, 6.07) is 29.0. The molecule has 9 heteroatoms. The maximum absolute atomic E-state index is 14.6. The van der Waals surface area contributed by atoms with Crippen molar-refractivity contribution >= 4 is 39.1 Å². The fourth-order valence-corrected chi connectivity index (χ4v) is 6.64. The molecule has 4 aromatic rings. The molecule has 236 valence electrons. The van der Waals surface area contributed by atoms with Crippen molar-refractivity contribution in [3.8, 4) is 0 Å². The van der Waals surface area contributed by atoms with Gasteiger partial charge in [0.15, 0.2) is 0 Å². The maximum Gasteiger partial charge on any atom is 0.264 e. The van der Waals surface area contributed by atoms with Crippen LogP contribution in [0.5, 0.6) is 0 Å². The Bertz CT molecular complexity index is 1700. The molecule has 0 bridgehead atoms. The van der Waals surface area contributed by atoms with Crippen molar-refractivity contribution in [1.29, 1.82) is 0 Å². The zero-order valence-electron chi connectivity index (χ0n) is 26.1. The fraction of sp³-hybridized carbons (Fsp3) is 0.278. The van der Waals surface area contributed by atoms with Gasteiger partial charge in [0.05, 0.1) is 10.6 Å². The van der Waals surface area contributed by atoms with Gasteiger partial charge in [0.1, 0.15) is 12.6 Å². The lowest BCUT2D eigenvalue weighted by Gasteiger charge is -2.34. The number of amides is 2. The predicted molar refractivity (Wildman–Crippen MR) is 181 cm³/mol. The van der Waals surface area contributed by atoms with Gasteiger partial charge in [0.2, 0.25) is 11.8 Å². The lowest BCUT2D eigenvalue weighted by Crippen LogP contribution is -2.54. The number of hydrogen-bond donors (Lipinski definition) is 1. The third-order valence-corrected chi connectivity index (χ3v) is 10.0. The Morgan fingerprint density at radius 2 is 1.44 bits per heavy atom. The van der Waals surface area contributed by atoms with E-state index in [4.69, 9.17) is 11.6 Å². The molecule has 4 aromatic carbocycles. The van der Waals surface area contributed by atoms with E-state index in [9.17, 15) is 18.0 Å². The quantitative estimate of drug-likeness (QED) is 0.175. The van der Waals surface area contributed by atoms with Gasteiger partial charge in [-0.25, -0.2) is 8.42 Å². The maximum atomic E-state index is 14.6. The van der Waals surface area contributed by atoms with Crippen molar-refractivity contribution in [3.63, 3.8) is 0 Å². The molecule has 4 rings (SSSR count). The van der Waals surface area contributed by atoms with Crippen LogP contribution in [0.25, 0.3) is 0 Å². The molecule has 0 aliphatic carbocycles. The van der Waals surface area contributed by atoms with E-state index >= 15 is 0 Å². The largest absolute Gasteiger partial charge is 0.352 e. The van der Waals surface area contributed by atoms with Crippen molar-refractivity contribution < 1.29 is 18.0 Å². The second kappa shape index (κ2) is 15.2. The average molecular weight is 646 g/mol. The number of sulfonamides is 1. The minimum absolute atomic E-state index is 0.0679. The monoisotopic (exact) mass is 645 g/mol. The van der Waals surface area contributed by atoms with Crippen LogP contribution >= 0.6 is 11.6 Å². The van der Waals surface area contributed by atoms with E-state index in [-0.39, 0.29) is 29.8 Å². The molecular formula is C36H40ClN3O4S. The highest BCUT2D eigenvalue weighted by Gasteiger charge is 2.35. The van der Waals surface area contributed by atoms with E-state index in [1.54, 1.807) is 54.6 Å². The standard InChI is InChI=1S/C36H40ClN3O4S/c1-5-27(3)38-36(42)34(23-29-14-8-6-9-15-29)39(24-30-19-21-31(37)22-20-30)35(41)25-40(33-18-12-13-26(2)28(33)4)45(43,44)32-16-10-7-11-17-32/h6-22,27,34H,5,23-25H2,1-4H3,(H,38,42)/t27-,34+/m1/s1. The van der Waals surface area contributed by atoms with Crippen LogP contribution in [0.1, 0.15) is 42.5 Å². The van der Waals surface area contributed by atoms with Crippen LogP contribution in [0.2, 0.25) is 5.02 Å². The number of halogens is 1. The molecule has 2 atom stereocenters. The third-order valence-electron chi connectivity index (χ3n) is 7.99. The van der Waals surface area contributed by atoms with Crippen molar-refractivity contribution in [2.45, 2.75) is 64.1 Å². The Labute approximate surface area is 271 Å². The van der Waals surface area contributed by atoms with Crippen LogP contribution in [0.3, 0.4) is 0 Å². The number of carbonyl (C=O) groups excluding carboxylic acids is 2. The van der Waals surface area contributed by atoms with E-state index in [1.165, 1.54) is 17.0 Å². The highest BCUT2D eigenvalue weighted by atomic mass is 35.5. The number of nitrogens with zero attached hydrogens (tertiary/aromatic N) is 2. The first-order valence-corrected chi connectivity index (χ1v) is 16.8. The van der Waals surface area contributed by atoms with E-state index < -0.39 is 28.5 Å². The van der Waals surface area contributed by atoms with Gasteiger partial charge in [-0.3, -0.25) is 13.9 Å². The highest BCUT2D eigenvalue weighted by molar-refractivity contribution is 7.92. The number of nitrogens with one attached hydrogen (secondary N) is 1. The summed E-state index contributed by atoms with van der Waals surface area (Å²) in [6.07, 6.45) is 0.960. The second-order valence-corrected chi connectivity index (χ2v) is 13.5. The van der Waals surface area contributed by atoms with Gasteiger partial charge in [-0.2, -0.15) is 0 Å². The summed E-state index contributed by atoms with van der Waals surface area (Å²) in [5, 5.41) is 3.60. The summed E-state index contributed by atoms with van der Waals surface area (Å²) in [6.45, 7) is 7.20. The minimum atomic E-state index is -4.16. The zero-order chi connectivity index (χ0) is 32.6. The average Bonchev–Trinajstić information content (AvgIpc) is 3.04. The van der Waals surface area contributed by atoms with Gasteiger partial charge in [-0.05, 0) is 79.8 Å². The van der Waals surface area contributed by atoms with Crippen molar-refractivity contribution in [1.82, 2.24) is 10.2 Å². The molecule has 0 fully saturated rings. The summed E-state index contributed by atoms with van der Waals surface area (Å²) in [7, 11) is -4.16. The number of anilines is 1. The number of rotatable bonds is 13.